The molecule has 0 spiro atoms. The molecule has 0 fully saturated rings. The second-order valence-corrected chi connectivity index (χ2v) is 3.43. The van der Waals surface area contributed by atoms with Gasteiger partial charge in [0.15, 0.2) is 6.61 Å². The smallest absolute Gasteiger partial charge is 0.344 e. The van der Waals surface area contributed by atoms with Crippen molar-refractivity contribution in [1.29, 1.82) is 0 Å². The standard InChI is InChI=1S/C11H13BrO3/c1-2-14-11(13)8-15-10-5-3-9(7-12)4-6-10/h3-6H,2,7-8H2,1H3. The van der Waals surface area contributed by atoms with E-state index in [0.29, 0.717) is 12.4 Å². The summed E-state index contributed by atoms with van der Waals surface area (Å²) < 4.78 is 9.97. The van der Waals surface area contributed by atoms with Gasteiger partial charge < -0.3 is 9.47 Å². The van der Waals surface area contributed by atoms with Crippen molar-refractivity contribution in [2.45, 2.75) is 12.3 Å². The molecule has 0 bridgehead atoms. The van der Waals surface area contributed by atoms with Crippen LogP contribution in [0, 0.1) is 0 Å². The molecule has 1 rings (SSSR count). The van der Waals surface area contributed by atoms with Gasteiger partial charge in [0.05, 0.1) is 6.61 Å². The van der Waals surface area contributed by atoms with Gasteiger partial charge in [-0.2, -0.15) is 0 Å². The van der Waals surface area contributed by atoms with Gasteiger partial charge in [-0.15, -0.1) is 0 Å². The normalized spacial score (nSPS) is 9.73. The molecule has 0 aliphatic heterocycles. The number of hydrogen-bond donors (Lipinski definition) is 0. The molecule has 15 heavy (non-hydrogen) atoms. The second kappa shape index (κ2) is 6.45. The van der Waals surface area contributed by atoms with E-state index in [0.717, 1.165) is 5.33 Å². The van der Waals surface area contributed by atoms with Gasteiger partial charge in [0, 0.05) is 5.33 Å². The Balaban J connectivity index is 2.40. The van der Waals surface area contributed by atoms with Crippen molar-refractivity contribution in [3.05, 3.63) is 29.8 Å². The van der Waals surface area contributed by atoms with Crippen LogP contribution in [0.25, 0.3) is 0 Å². The summed E-state index contributed by atoms with van der Waals surface area (Å²) >= 11 is 3.35. The number of hydrogen-bond acceptors (Lipinski definition) is 3. The highest BCUT2D eigenvalue weighted by atomic mass is 79.9. The van der Waals surface area contributed by atoms with Crippen molar-refractivity contribution >= 4 is 21.9 Å². The van der Waals surface area contributed by atoms with Crippen LogP contribution in [0.2, 0.25) is 0 Å². The van der Waals surface area contributed by atoms with Gasteiger partial charge in [-0.1, -0.05) is 28.1 Å². The minimum absolute atomic E-state index is 0.0402. The highest BCUT2D eigenvalue weighted by Gasteiger charge is 2.02. The summed E-state index contributed by atoms with van der Waals surface area (Å²) in [6.45, 7) is 2.11. The van der Waals surface area contributed by atoms with E-state index in [-0.39, 0.29) is 12.6 Å². The minimum atomic E-state index is -0.345. The van der Waals surface area contributed by atoms with Crippen LogP contribution in [0.15, 0.2) is 24.3 Å². The summed E-state index contributed by atoms with van der Waals surface area (Å²) in [5.74, 6) is 0.329. The van der Waals surface area contributed by atoms with Crippen molar-refractivity contribution in [1.82, 2.24) is 0 Å². The zero-order valence-corrected chi connectivity index (χ0v) is 10.1. The Morgan fingerprint density at radius 1 is 1.33 bits per heavy atom. The van der Waals surface area contributed by atoms with Crippen LogP contribution in [0.4, 0.5) is 0 Å². The SMILES string of the molecule is CCOC(=O)COc1ccc(CBr)cc1. The van der Waals surface area contributed by atoms with Crippen molar-refractivity contribution < 1.29 is 14.3 Å². The fraction of sp³-hybridized carbons (Fsp3) is 0.364. The first kappa shape index (κ1) is 12.0. The maximum Gasteiger partial charge on any atom is 0.344 e. The highest BCUT2D eigenvalue weighted by Crippen LogP contribution is 2.13. The third-order valence-corrected chi connectivity index (χ3v) is 2.39. The lowest BCUT2D eigenvalue weighted by Gasteiger charge is -2.05. The molecular formula is C11H13BrO3. The molecule has 1 aromatic carbocycles. The van der Waals surface area contributed by atoms with Crippen LogP contribution >= 0.6 is 15.9 Å². The number of alkyl halides is 1. The van der Waals surface area contributed by atoms with E-state index >= 15 is 0 Å². The van der Waals surface area contributed by atoms with Gasteiger partial charge in [-0.3, -0.25) is 0 Å². The van der Waals surface area contributed by atoms with E-state index in [1.165, 1.54) is 5.56 Å². The molecule has 0 N–H and O–H groups in total. The Morgan fingerprint density at radius 2 is 2.00 bits per heavy atom. The monoisotopic (exact) mass is 272 g/mol. The Morgan fingerprint density at radius 3 is 2.53 bits per heavy atom. The molecule has 0 radical (unpaired) electrons. The Labute approximate surface area is 97.5 Å². The number of carbonyl (C=O) groups excluding carboxylic acids is 1. The lowest BCUT2D eigenvalue weighted by molar-refractivity contribution is -0.145. The predicted molar refractivity (Wildman–Crippen MR) is 61.2 cm³/mol. The summed E-state index contributed by atoms with van der Waals surface area (Å²) in [5.41, 5.74) is 1.17. The minimum Gasteiger partial charge on any atom is -0.482 e. The molecule has 1 aromatic rings. The van der Waals surface area contributed by atoms with Crippen LogP contribution in [0.1, 0.15) is 12.5 Å². The first-order valence-electron chi connectivity index (χ1n) is 4.69. The van der Waals surface area contributed by atoms with Gasteiger partial charge >= 0.3 is 5.97 Å². The van der Waals surface area contributed by atoms with Crippen molar-refractivity contribution in [3.63, 3.8) is 0 Å². The maximum atomic E-state index is 11.0. The Bertz CT molecular complexity index is 308. The van der Waals surface area contributed by atoms with Crippen molar-refractivity contribution in [2.75, 3.05) is 13.2 Å². The number of carbonyl (C=O) groups is 1. The van der Waals surface area contributed by atoms with Crippen molar-refractivity contribution in [3.8, 4) is 5.75 Å². The molecule has 82 valence electrons. The predicted octanol–water partition coefficient (Wildman–Crippen LogP) is 2.52. The third-order valence-electron chi connectivity index (χ3n) is 1.74. The second-order valence-electron chi connectivity index (χ2n) is 2.87. The van der Waals surface area contributed by atoms with E-state index < -0.39 is 0 Å². The number of esters is 1. The third kappa shape index (κ3) is 4.34. The maximum absolute atomic E-state index is 11.0. The van der Waals surface area contributed by atoms with Gasteiger partial charge in [0.2, 0.25) is 0 Å². The number of rotatable bonds is 5. The fourth-order valence-corrected chi connectivity index (χ4v) is 1.39. The number of halogens is 1. The van der Waals surface area contributed by atoms with Crippen LogP contribution in [-0.2, 0) is 14.9 Å². The molecule has 0 aromatic heterocycles. The topological polar surface area (TPSA) is 35.5 Å². The van der Waals surface area contributed by atoms with E-state index in [2.05, 4.69) is 15.9 Å². The Kier molecular flexibility index (Phi) is 5.18. The largest absolute Gasteiger partial charge is 0.482 e. The lowest BCUT2D eigenvalue weighted by atomic mass is 10.2. The van der Waals surface area contributed by atoms with E-state index in [9.17, 15) is 4.79 Å². The molecule has 0 unspecified atom stereocenters. The molecule has 0 aliphatic carbocycles. The summed E-state index contributed by atoms with van der Waals surface area (Å²) in [7, 11) is 0. The molecule has 0 heterocycles. The highest BCUT2D eigenvalue weighted by molar-refractivity contribution is 9.08. The van der Waals surface area contributed by atoms with Gasteiger partial charge in [0.25, 0.3) is 0 Å². The average Bonchev–Trinajstić information content (AvgIpc) is 2.27. The number of ether oxygens (including phenoxy) is 2. The zero-order valence-electron chi connectivity index (χ0n) is 8.53. The van der Waals surface area contributed by atoms with Crippen LogP contribution in [0.3, 0.4) is 0 Å². The first-order valence-corrected chi connectivity index (χ1v) is 5.81. The fourth-order valence-electron chi connectivity index (χ4n) is 1.02. The number of benzene rings is 1. The molecule has 0 saturated carbocycles. The van der Waals surface area contributed by atoms with Crippen LogP contribution in [-0.4, -0.2) is 19.2 Å². The van der Waals surface area contributed by atoms with Crippen LogP contribution < -0.4 is 4.74 Å². The summed E-state index contributed by atoms with van der Waals surface area (Å²) in [6.07, 6.45) is 0. The molecule has 3 nitrogen and oxygen atoms in total. The zero-order chi connectivity index (χ0) is 11.1. The van der Waals surface area contributed by atoms with E-state index in [1.54, 1.807) is 6.92 Å². The summed E-state index contributed by atoms with van der Waals surface area (Å²) in [6, 6.07) is 7.54. The quantitative estimate of drug-likeness (QED) is 0.611. The van der Waals surface area contributed by atoms with Gasteiger partial charge in [0.1, 0.15) is 5.75 Å². The average molecular weight is 273 g/mol. The molecule has 0 aliphatic rings. The molecule has 0 atom stereocenters. The van der Waals surface area contributed by atoms with E-state index in [1.807, 2.05) is 24.3 Å². The Hall–Kier alpha value is -1.03. The van der Waals surface area contributed by atoms with Crippen molar-refractivity contribution in [2.24, 2.45) is 0 Å². The van der Waals surface area contributed by atoms with Gasteiger partial charge in [-0.05, 0) is 24.6 Å². The summed E-state index contributed by atoms with van der Waals surface area (Å²) in [5, 5.41) is 0.811. The van der Waals surface area contributed by atoms with E-state index in [4.69, 9.17) is 9.47 Å². The molecule has 0 amide bonds. The molecule has 4 heteroatoms. The molecule has 0 saturated heterocycles. The molecular weight excluding hydrogens is 260 g/mol. The van der Waals surface area contributed by atoms with Crippen LogP contribution in [0.5, 0.6) is 5.75 Å². The lowest BCUT2D eigenvalue weighted by Crippen LogP contribution is -2.14. The van der Waals surface area contributed by atoms with Gasteiger partial charge in [-0.25, -0.2) is 4.79 Å². The summed E-state index contributed by atoms with van der Waals surface area (Å²) in [4.78, 5) is 11.0. The first-order chi connectivity index (χ1) is 7.26.